The Morgan fingerprint density at radius 2 is 1.70 bits per heavy atom. The molecule has 2 atom stereocenters. The maximum Gasteiger partial charge on any atom is 0.320 e. The first-order valence-electron chi connectivity index (χ1n) is 13.7. The lowest BCUT2D eigenvalue weighted by Crippen LogP contribution is -2.29. The highest BCUT2D eigenvalue weighted by molar-refractivity contribution is 5.72. The summed E-state index contributed by atoms with van der Waals surface area (Å²) in [6.45, 7) is 3.63. The normalized spacial score (nSPS) is 18.2. The number of rotatable bonds is 13. The predicted molar refractivity (Wildman–Crippen MR) is 145 cm³/mol. The van der Waals surface area contributed by atoms with Gasteiger partial charge < -0.3 is 31.2 Å². The van der Waals surface area contributed by atoms with Gasteiger partial charge in [0.25, 0.3) is 0 Å². The molecule has 0 saturated heterocycles. The highest BCUT2D eigenvalue weighted by Gasteiger charge is 2.32. The Hall–Kier alpha value is -2.42. The van der Waals surface area contributed by atoms with Crippen LogP contribution >= 0.6 is 0 Å². The molecule has 2 aliphatic carbocycles. The summed E-state index contributed by atoms with van der Waals surface area (Å²) >= 11 is 0. The molecule has 1 saturated carbocycles. The lowest BCUT2D eigenvalue weighted by molar-refractivity contribution is -0.140. The number of unbranched alkanes of at least 4 members (excludes halogenated alkanes) is 1. The number of allylic oxidation sites excluding steroid dienone is 1. The van der Waals surface area contributed by atoms with Gasteiger partial charge in [-0.3, -0.25) is 9.59 Å². The van der Waals surface area contributed by atoms with Gasteiger partial charge in [-0.15, -0.1) is 0 Å². The quantitative estimate of drug-likeness (QED) is 0.206. The lowest BCUT2D eigenvalue weighted by Gasteiger charge is -2.38. The fraction of sp³-hybridized carbons (Fsp3) is 0.655. The van der Waals surface area contributed by atoms with Crippen molar-refractivity contribution in [1.82, 2.24) is 0 Å². The van der Waals surface area contributed by atoms with E-state index in [1.54, 1.807) is 0 Å². The molecule has 6 N–H and O–H groups in total. The lowest BCUT2D eigenvalue weighted by atomic mass is 9.67. The molecular formula is C29H46N2O6. The van der Waals surface area contributed by atoms with Crippen molar-refractivity contribution in [3.05, 3.63) is 41.5 Å². The van der Waals surface area contributed by atoms with Crippen molar-refractivity contribution < 1.29 is 29.3 Å². The molecular weight excluding hydrogens is 472 g/mol. The van der Waals surface area contributed by atoms with E-state index < -0.39 is 24.1 Å². The molecule has 8 heteroatoms. The van der Waals surface area contributed by atoms with Crippen LogP contribution in [0.2, 0.25) is 0 Å². The van der Waals surface area contributed by atoms with Gasteiger partial charge in [-0.25, -0.2) is 0 Å². The number of hydrogen-bond donors (Lipinski definition) is 4. The second kappa shape index (κ2) is 16.4. The van der Waals surface area contributed by atoms with E-state index in [4.69, 9.17) is 31.2 Å². The van der Waals surface area contributed by atoms with Gasteiger partial charge in [-0.05, 0) is 87.1 Å². The first-order chi connectivity index (χ1) is 17.8. The summed E-state index contributed by atoms with van der Waals surface area (Å²) in [7, 11) is 0. The zero-order valence-electron chi connectivity index (χ0n) is 22.3. The van der Waals surface area contributed by atoms with Crippen molar-refractivity contribution in [1.29, 1.82) is 0 Å². The minimum Gasteiger partial charge on any atom is -0.489 e. The molecule has 3 rings (SSSR count). The third-order valence-electron chi connectivity index (χ3n) is 7.22. The van der Waals surface area contributed by atoms with E-state index in [-0.39, 0.29) is 6.42 Å². The molecule has 1 fully saturated rings. The van der Waals surface area contributed by atoms with Gasteiger partial charge in [-0.2, -0.15) is 0 Å². The van der Waals surface area contributed by atoms with Crippen LogP contribution in [0.1, 0.15) is 95.6 Å². The monoisotopic (exact) mass is 518 g/mol. The molecule has 0 radical (unpaired) electrons. The first kappa shape index (κ1) is 30.8. The minimum atomic E-state index is -0.933. The van der Waals surface area contributed by atoms with Crippen LogP contribution in [0.25, 0.3) is 0 Å². The van der Waals surface area contributed by atoms with Crippen molar-refractivity contribution >= 4 is 11.9 Å². The molecule has 37 heavy (non-hydrogen) atoms. The highest BCUT2D eigenvalue weighted by Crippen LogP contribution is 2.45. The molecule has 0 bridgehead atoms. The Morgan fingerprint density at radius 3 is 2.30 bits per heavy atom. The van der Waals surface area contributed by atoms with Gasteiger partial charge >= 0.3 is 11.9 Å². The molecule has 1 unspecified atom stereocenters. The molecule has 0 aliphatic heterocycles. The number of hydrogen-bond acceptors (Lipinski definition) is 6. The molecule has 1 spiro atoms. The van der Waals surface area contributed by atoms with Crippen LogP contribution in [0.5, 0.6) is 5.75 Å². The number of carboxylic acid groups (broad SMARTS) is 2. The van der Waals surface area contributed by atoms with Crippen molar-refractivity contribution in [3.8, 4) is 5.75 Å². The molecule has 0 amide bonds. The third-order valence-corrected chi connectivity index (χ3v) is 7.22. The number of carboxylic acids is 2. The Labute approximate surface area is 221 Å². The molecule has 1 aromatic rings. The molecule has 8 nitrogen and oxygen atoms in total. The van der Waals surface area contributed by atoms with Crippen LogP contribution in [0.15, 0.2) is 35.9 Å². The minimum absolute atomic E-state index is 0.0248. The van der Waals surface area contributed by atoms with Gasteiger partial charge in [0.15, 0.2) is 0 Å². The fourth-order valence-corrected chi connectivity index (χ4v) is 5.23. The topological polar surface area (TPSA) is 145 Å². The summed E-state index contributed by atoms with van der Waals surface area (Å²) in [4.78, 5) is 21.2. The van der Waals surface area contributed by atoms with Gasteiger partial charge in [0.05, 0.1) is 12.5 Å². The van der Waals surface area contributed by atoms with Crippen LogP contribution < -0.4 is 16.2 Å². The Kier molecular flexibility index (Phi) is 13.7. The Morgan fingerprint density at radius 1 is 1.03 bits per heavy atom. The van der Waals surface area contributed by atoms with E-state index >= 15 is 0 Å². The second-order valence-corrected chi connectivity index (χ2v) is 10.2. The van der Waals surface area contributed by atoms with E-state index in [1.807, 2.05) is 31.2 Å². The average Bonchev–Trinajstić information content (AvgIpc) is 2.88. The van der Waals surface area contributed by atoms with Crippen molar-refractivity contribution in [2.75, 3.05) is 19.8 Å². The van der Waals surface area contributed by atoms with Crippen molar-refractivity contribution in [3.63, 3.8) is 0 Å². The summed E-state index contributed by atoms with van der Waals surface area (Å²) in [6.07, 6.45) is 14.8. The van der Waals surface area contributed by atoms with Crippen LogP contribution in [0.4, 0.5) is 0 Å². The van der Waals surface area contributed by atoms with Crippen molar-refractivity contribution in [2.45, 2.75) is 96.1 Å². The fourth-order valence-electron chi connectivity index (χ4n) is 5.23. The predicted octanol–water partition coefficient (Wildman–Crippen LogP) is 5.21. The zero-order chi connectivity index (χ0) is 27.1. The standard InChI is InChI=1S/C23H32O4.C6H14N2O2/c1-2-26-21(15-22(24)25)19-8-10-20(11-9-19)27-17-18-7-6-14-23(16-18)12-4-3-5-13-23;7-4-2-1-3-5(8)6(9)10/h8-11,16,21H,2-7,12-15,17H2,1H3,(H,24,25);5H,1-4,7-8H2,(H,9,10)/t;5-/m.0/s1. The molecule has 0 heterocycles. The first-order valence-corrected chi connectivity index (χ1v) is 13.7. The van der Waals surface area contributed by atoms with Crippen LogP contribution in [0.3, 0.4) is 0 Å². The average molecular weight is 519 g/mol. The zero-order valence-corrected chi connectivity index (χ0v) is 22.3. The van der Waals surface area contributed by atoms with Crippen molar-refractivity contribution in [2.24, 2.45) is 16.9 Å². The smallest absolute Gasteiger partial charge is 0.320 e. The van der Waals surface area contributed by atoms with Gasteiger partial charge in [0.1, 0.15) is 18.4 Å². The summed E-state index contributed by atoms with van der Waals surface area (Å²) < 4.78 is 11.6. The van der Waals surface area contributed by atoms with E-state index in [2.05, 4.69) is 6.08 Å². The van der Waals surface area contributed by atoms with Gasteiger partial charge in [0, 0.05) is 6.61 Å². The number of nitrogens with two attached hydrogens (primary N) is 2. The maximum atomic E-state index is 11.0. The number of aliphatic carboxylic acids is 2. The molecule has 0 aromatic heterocycles. The van der Waals surface area contributed by atoms with Gasteiger partial charge in [0.2, 0.25) is 0 Å². The number of benzene rings is 1. The summed E-state index contributed by atoms with van der Waals surface area (Å²) in [5, 5.41) is 17.4. The molecule has 1 aromatic carbocycles. The van der Waals surface area contributed by atoms with E-state index in [0.29, 0.717) is 31.6 Å². The number of carbonyl (C=O) groups is 2. The highest BCUT2D eigenvalue weighted by atomic mass is 16.5. The van der Waals surface area contributed by atoms with E-state index in [0.717, 1.165) is 30.6 Å². The van der Waals surface area contributed by atoms with Gasteiger partial charge in [-0.1, -0.05) is 43.9 Å². The summed E-state index contributed by atoms with van der Waals surface area (Å²) in [6, 6.07) is 6.95. The Bertz CT molecular complexity index is 848. The summed E-state index contributed by atoms with van der Waals surface area (Å²) in [5.41, 5.74) is 13.2. The van der Waals surface area contributed by atoms with Crippen LogP contribution in [-0.2, 0) is 14.3 Å². The second-order valence-electron chi connectivity index (χ2n) is 10.2. The van der Waals surface area contributed by atoms with E-state index in [1.165, 1.54) is 50.5 Å². The number of ether oxygens (including phenoxy) is 2. The SMILES string of the molecule is CCOC(CC(=O)O)c1ccc(OCC2=CC3(CCCCC3)CCC2)cc1.NCCCC[C@H](N)C(=O)O. The molecule has 2 aliphatic rings. The van der Waals surface area contributed by atoms with Crippen LogP contribution in [-0.4, -0.2) is 48.0 Å². The van der Waals surface area contributed by atoms with Crippen LogP contribution in [0, 0.1) is 5.41 Å². The summed E-state index contributed by atoms with van der Waals surface area (Å²) in [5.74, 6) is -0.958. The maximum absolute atomic E-state index is 11.0. The third kappa shape index (κ3) is 11.2. The van der Waals surface area contributed by atoms with E-state index in [9.17, 15) is 9.59 Å². The molecule has 208 valence electrons. The Balaban J connectivity index is 0.000000410. The largest absolute Gasteiger partial charge is 0.489 e.